The van der Waals surface area contributed by atoms with E-state index in [4.69, 9.17) is 5.84 Å². The lowest BCUT2D eigenvalue weighted by Gasteiger charge is -2.21. The van der Waals surface area contributed by atoms with E-state index in [0.29, 0.717) is 0 Å². The van der Waals surface area contributed by atoms with E-state index in [0.717, 1.165) is 13.0 Å². The molecule has 0 bridgehead atoms. The molecule has 1 atom stereocenters. The van der Waals surface area contributed by atoms with E-state index in [-0.39, 0.29) is 11.9 Å². The maximum absolute atomic E-state index is 11.0. The lowest BCUT2D eigenvalue weighted by Crippen LogP contribution is -2.46. The Morgan fingerprint density at radius 3 is 2.64 bits per heavy atom. The average molecular weight is 159 g/mol. The van der Waals surface area contributed by atoms with Gasteiger partial charge in [0.05, 0.1) is 6.04 Å². The lowest BCUT2D eigenvalue weighted by molar-refractivity contribution is -0.125. The third-order valence-electron chi connectivity index (χ3n) is 1.76. The van der Waals surface area contributed by atoms with Crippen molar-refractivity contribution in [1.29, 1.82) is 0 Å². The van der Waals surface area contributed by atoms with Crippen molar-refractivity contribution in [2.24, 2.45) is 5.84 Å². The number of carbonyl (C=O) groups excluding carboxylic acids is 1. The highest BCUT2D eigenvalue weighted by Crippen LogP contribution is 1.95. The molecule has 0 saturated carbocycles. The molecule has 0 saturated heterocycles. The molecule has 0 aromatic carbocycles. The van der Waals surface area contributed by atoms with Crippen LogP contribution in [0.25, 0.3) is 0 Å². The standard InChI is InChI=1S/C7H17N3O/c1-4-5-10(3)6(2)7(11)9-8/h6H,4-5,8H2,1-3H3,(H,9,11). The van der Waals surface area contributed by atoms with Crippen molar-refractivity contribution in [3.8, 4) is 0 Å². The summed E-state index contributed by atoms with van der Waals surface area (Å²) in [6, 6.07) is -0.139. The van der Waals surface area contributed by atoms with Crippen LogP contribution >= 0.6 is 0 Å². The van der Waals surface area contributed by atoms with Crippen LogP contribution in [0.5, 0.6) is 0 Å². The van der Waals surface area contributed by atoms with Gasteiger partial charge in [-0.25, -0.2) is 5.84 Å². The summed E-state index contributed by atoms with van der Waals surface area (Å²) in [6.45, 7) is 4.82. The molecule has 4 heteroatoms. The maximum Gasteiger partial charge on any atom is 0.250 e. The highest BCUT2D eigenvalue weighted by molar-refractivity contribution is 5.80. The Balaban J connectivity index is 3.80. The minimum Gasteiger partial charge on any atom is -0.295 e. The fraction of sp³-hybridized carbons (Fsp3) is 0.857. The van der Waals surface area contributed by atoms with Gasteiger partial charge in [0.25, 0.3) is 5.91 Å². The van der Waals surface area contributed by atoms with Gasteiger partial charge >= 0.3 is 0 Å². The van der Waals surface area contributed by atoms with Crippen LogP contribution in [0.1, 0.15) is 20.3 Å². The van der Waals surface area contributed by atoms with E-state index in [2.05, 4.69) is 12.3 Å². The summed E-state index contributed by atoms with van der Waals surface area (Å²) in [5.74, 6) is 4.84. The fourth-order valence-corrected chi connectivity index (χ4v) is 0.867. The number of carbonyl (C=O) groups is 1. The summed E-state index contributed by atoms with van der Waals surface area (Å²) < 4.78 is 0. The van der Waals surface area contributed by atoms with Crippen molar-refractivity contribution in [2.45, 2.75) is 26.3 Å². The number of hydrogen-bond acceptors (Lipinski definition) is 3. The summed E-state index contributed by atoms with van der Waals surface area (Å²) >= 11 is 0. The van der Waals surface area contributed by atoms with Crippen LogP contribution < -0.4 is 11.3 Å². The number of nitrogens with one attached hydrogen (secondary N) is 1. The van der Waals surface area contributed by atoms with E-state index < -0.39 is 0 Å². The maximum atomic E-state index is 11.0. The quantitative estimate of drug-likeness (QED) is 0.336. The van der Waals surface area contributed by atoms with Crippen LogP contribution in [-0.2, 0) is 4.79 Å². The second kappa shape index (κ2) is 5.09. The molecular formula is C7H17N3O. The van der Waals surface area contributed by atoms with E-state index >= 15 is 0 Å². The smallest absolute Gasteiger partial charge is 0.250 e. The van der Waals surface area contributed by atoms with Crippen molar-refractivity contribution in [1.82, 2.24) is 10.3 Å². The Kier molecular flexibility index (Phi) is 4.81. The highest BCUT2D eigenvalue weighted by Gasteiger charge is 2.15. The summed E-state index contributed by atoms with van der Waals surface area (Å²) in [5, 5.41) is 0. The molecule has 0 aliphatic rings. The Hall–Kier alpha value is -0.610. The number of nitrogens with two attached hydrogens (primary N) is 1. The van der Waals surface area contributed by atoms with Crippen molar-refractivity contribution in [2.75, 3.05) is 13.6 Å². The fourth-order valence-electron chi connectivity index (χ4n) is 0.867. The van der Waals surface area contributed by atoms with E-state index in [1.165, 1.54) is 0 Å². The third kappa shape index (κ3) is 3.34. The molecule has 0 aromatic rings. The van der Waals surface area contributed by atoms with Crippen molar-refractivity contribution >= 4 is 5.91 Å². The van der Waals surface area contributed by atoms with Gasteiger partial charge in [0.2, 0.25) is 0 Å². The van der Waals surface area contributed by atoms with Crippen molar-refractivity contribution < 1.29 is 4.79 Å². The predicted molar refractivity (Wildman–Crippen MR) is 44.7 cm³/mol. The number of amides is 1. The zero-order valence-corrected chi connectivity index (χ0v) is 7.42. The molecule has 0 radical (unpaired) electrons. The highest BCUT2D eigenvalue weighted by atomic mass is 16.2. The molecule has 0 fully saturated rings. The predicted octanol–water partition coefficient (Wildman–Crippen LogP) is -0.293. The third-order valence-corrected chi connectivity index (χ3v) is 1.76. The summed E-state index contributed by atoms with van der Waals surface area (Å²) in [6.07, 6.45) is 1.04. The molecule has 4 nitrogen and oxygen atoms in total. The number of rotatable bonds is 4. The SMILES string of the molecule is CCCN(C)C(C)C(=O)NN. The van der Waals surface area contributed by atoms with Crippen LogP contribution in [-0.4, -0.2) is 30.4 Å². The molecule has 0 aromatic heterocycles. The largest absolute Gasteiger partial charge is 0.295 e. The molecule has 3 N–H and O–H groups in total. The van der Waals surface area contributed by atoms with Crippen LogP contribution in [0.3, 0.4) is 0 Å². The lowest BCUT2D eigenvalue weighted by atomic mass is 10.3. The van der Waals surface area contributed by atoms with E-state index in [9.17, 15) is 4.79 Å². The van der Waals surface area contributed by atoms with Crippen LogP contribution in [0.15, 0.2) is 0 Å². The van der Waals surface area contributed by atoms with Gasteiger partial charge in [0.1, 0.15) is 0 Å². The van der Waals surface area contributed by atoms with Gasteiger partial charge in [0.15, 0.2) is 0 Å². The van der Waals surface area contributed by atoms with Crippen LogP contribution in [0.2, 0.25) is 0 Å². The van der Waals surface area contributed by atoms with Gasteiger partial charge < -0.3 is 0 Å². The van der Waals surface area contributed by atoms with Gasteiger partial charge in [-0.05, 0) is 26.9 Å². The number of hydrogen-bond donors (Lipinski definition) is 2. The topological polar surface area (TPSA) is 58.4 Å². The van der Waals surface area contributed by atoms with Gasteiger partial charge in [-0.3, -0.25) is 15.1 Å². The average Bonchev–Trinajstić information content (AvgIpc) is 2.02. The normalized spacial score (nSPS) is 13.2. The Morgan fingerprint density at radius 2 is 2.27 bits per heavy atom. The first-order chi connectivity index (χ1) is 5.13. The molecule has 1 amide bonds. The number of nitrogens with zero attached hydrogens (tertiary/aromatic N) is 1. The molecule has 66 valence electrons. The molecule has 1 unspecified atom stereocenters. The number of hydrazine groups is 1. The Morgan fingerprint density at radius 1 is 1.73 bits per heavy atom. The zero-order valence-electron chi connectivity index (χ0n) is 7.42. The van der Waals surface area contributed by atoms with Gasteiger partial charge in [-0.15, -0.1) is 0 Å². The minimum absolute atomic E-state index is 0.138. The first-order valence-electron chi connectivity index (χ1n) is 3.84. The van der Waals surface area contributed by atoms with Crippen molar-refractivity contribution in [3.05, 3.63) is 0 Å². The summed E-state index contributed by atoms with van der Waals surface area (Å²) in [4.78, 5) is 12.9. The minimum atomic E-state index is -0.139. The summed E-state index contributed by atoms with van der Waals surface area (Å²) in [7, 11) is 1.91. The monoisotopic (exact) mass is 159 g/mol. The Bertz CT molecular complexity index is 127. The molecule has 0 aliphatic heterocycles. The first-order valence-corrected chi connectivity index (χ1v) is 3.84. The van der Waals surface area contributed by atoms with E-state index in [1.54, 1.807) is 0 Å². The van der Waals surface area contributed by atoms with E-state index in [1.807, 2.05) is 18.9 Å². The van der Waals surface area contributed by atoms with Crippen molar-refractivity contribution in [3.63, 3.8) is 0 Å². The van der Waals surface area contributed by atoms with Gasteiger partial charge in [0, 0.05) is 0 Å². The molecule has 0 heterocycles. The number of likely N-dealkylation sites (N-methyl/N-ethyl adjacent to an activating group) is 1. The molecule has 0 rings (SSSR count). The summed E-state index contributed by atoms with van der Waals surface area (Å²) in [5.41, 5.74) is 2.12. The van der Waals surface area contributed by atoms with Gasteiger partial charge in [-0.2, -0.15) is 0 Å². The van der Waals surface area contributed by atoms with Crippen LogP contribution in [0.4, 0.5) is 0 Å². The van der Waals surface area contributed by atoms with Crippen LogP contribution in [0, 0.1) is 0 Å². The molecule has 11 heavy (non-hydrogen) atoms. The molecule has 0 spiro atoms. The second-order valence-electron chi connectivity index (χ2n) is 2.67. The zero-order chi connectivity index (χ0) is 8.85. The van der Waals surface area contributed by atoms with Gasteiger partial charge in [-0.1, -0.05) is 6.92 Å². The molecule has 0 aliphatic carbocycles. The Labute approximate surface area is 67.7 Å². The first kappa shape index (κ1) is 10.4. The second-order valence-corrected chi connectivity index (χ2v) is 2.67. The molecular weight excluding hydrogens is 142 g/mol.